The summed E-state index contributed by atoms with van der Waals surface area (Å²) in [5.41, 5.74) is 1.93. The predicted octanol–water partition coefficient (Wildman–Crippen LogP) is 3.68. The van der Waals surface area contributed by atoms with Gasteiger partial charge in [-0.3, -0.25) is 4.79 Å². The van der Waals surface area contributed by atoms with Crippen LogP contribution in [0.15, 0.2) is 36.4 Å². The first-order valence-corrected chi connectivity index (χ1v) is 7.33. The number of methoxy groups -OCH3 is 2. The van der Waals surface area contributed by atoms with Crippen LogP contribution in [-0.4, -0.2) is 34.2 Å². The molecule has 0 spiro atoms. The number of nitrogens with zero attached hydrogens (tertiary/aromatic N) is 1. The molecule has 6 heteroatoms. The second-order valence-corrected chi connectivity index (χ2v) is 5.55. The molecule has 2 aromatic carbocycles. The summed E-state index contributed by atoms with van der Waals surface area (Å²) in [5, 5.41) is 3.43. The highest BCUT2D eigenvalue weighted by atomic mass is 35.5. The van der Waals surface area contributed by atoms with Crippen molar-refractivity contribution in [3.05, 3.63) is 47.0 Å². The summed E-state index contributed by atoms with van der Waals surface area (Å²) in [6.45, 7) is 0. The average Bonchev–Trinajstić information content (AvgIpc) is 2.53. The van der Waals surface area contributed by atoms with Crippen molar-refractivity contribution < 1.29 is 14.3 Å². The van der Waals surface area contributed by atoms with E-state index in [9.17, 15) is 4.79 Å². The molecule has 0 aliphatic rings. The van der Waals surface area contributed by atoms with E-state index in [2.05, 4.69) is 5.32 Å². The highest BCUT2D eigenvalue weighted by Gasteiger charge is 2.13. The maximum absolute atomic E-state index is 12.6. The zero-order chi connectivity index (χ0) is 17.0. The molecule has 0 aromatic heterocycles. The molecule has 0 radical (unpaired) electrons. The van der Waals surface area contributed by atoms with Crippen LogP contribution in [0.5, 0.6) is 11.5 Å². The highest BCUT2D eigenvalue weighted by Crippen LogP contribution is 2.29. The zero-order valence-corrected chi connectivity index (χ0v) is 14.3. The Bertz CT molecular complexity index is 695. The van der Waals surface area contributed by atoms with Gasteiger partial charge in [0.25, 0.3) is 5.91 Å². The van der Waals surface area contributed by atoms with Crippen LogP contribution in [-0.2, 0) is 0 Å². The third-order valence-electron chi connectivity index (χ3n) is 3.30. The maximum atomic E-state index is 12.6. The van der Waals surface area contributed by atoms with Crippen molar-refractivity contribution in [3.8, 4) is 11.5 Å². The van der Waals surface area contributed by atoms with Gasteiger partial charge in [0.05, 0.1) is 25.6 Å². The van der Waals surface area contributed by atoms with E-state index in [1.165, 1.54) is 14.2 Å². The summed E-state index contributed by atoms with van der Waals surface area (Å²) in [4.78, 5) is 14.5. The van der Waals surface area contributed by atoms with E-state index >= 15 is 0 Å². The van der Waals surface area contributed by atoms with Gasteiger partial charge in [0, 0.05) is 30.7 Å². The summed E-state index contributed by atoms with van der Waals surface area (Å²) in [6, 6.07) is 10.4. The van der Waals surface area contributed by atoms with Crippen molar-refractivity contribution in [2.24, 2.45) is 0 Å². The van der Waals surface area contributed by atoms with Crippen molar-refractivity contribution in [1.82, 2.24) is 0 Å². The summed E-state index contributed by atoms with van der Waals surface area (Å²) in [6.07, 6.45) is 0. The number of hydrogen-bond donors (Lipinski definition) is 1. The molecule has 5 nitrogen and oxygen atoms in total. The van der Waals surface area contributed by atoms with Gasteiger partial charge in [0.1, 0.15) is 11.5 Å². The van der Waals surface area contributed by atoms with Gasteiger partial charge in [-0.2, -0.15) is 0 Å². The molecule has 0 unspecified atom stereocenters. The molecule has 0 aliphatic heterocycles. The van der Waals surface area contributed by atoms with Crippen molar-refractivity contribution in [2.75, 3.05) is 38.5 Å². The molecule has 122 valence electrons. The van der Waals surface area contributed by atoms with Crippen LogP contribution in [0, 0.1) is 0 Å². The van der Waals surface area contributed by atoms with Gasteiger partial charge >= 0.3 is 0 Å². The van der Waals surface area contributed by atoms with Gasteiger partial charge in [0.15, 0.2) is 0 Å². The van der Waals surface area contributed by atoms with Gasteiger partial charge in [-0.1, -0.05) is 11.6 Å². The van der Waals surface area contributed by atoms with Gasteiger partial charge in [0.2, 0.25) is 0 Å². The molecule has 0 atom stereocenters. The fraction of sp³-hybridized carbons (Fsp3) is 0.235. The van der Waals surface area contributed by atoms with Crippen LogP contribution in [0.2, 0.25) is 5.02 Å². The number of benzene rings is 2. The second-order valence-electron chi connectivity index (χ2n) is 5.11. The number of nitrogens with one attached hydrogen (secondary N) is 1. The van der Waals surface area contributed by atoms with Crippen LogP contribution < -0.4 is 19.7 Å². The number of halogens is 1. The van der Waals surface area contributed by atoms with Crippen molar-refractivity contribution in [3.63, 3.8) is 0 Å². The molecule has 0 aliphatic carbocycles. The third-order valence-corrected chi connectivity index (χ3v) is 3.54. The van der Waals surface area contributed by atoms with E-state index in [1.54, 1.807) is 30.3 Å². The molecular weight excluding hydrogens is 316 g/mol. The molecule has 2 rings (SSSR count). The number of carbonyl (C=O) groups excluding carboxylic acids is 1. The lowest BCUT2D eigenvalue weighted by atomic mass is 10.1. The maximum Gasteiger partial charge on any atom is 0.255 e. The van der Waals surface area contributed by atoms with Gasteiger partial charge in [-0.25, -0.2) is 0 Å². The molecule has 2 aromatic rings. The summed E-state index contributed by atoms with van der Waals surface area (Å²) >= 11 is 6.04. The number of anilines is 2. The standard InChI is InChI=1S/C17H19ClN2O3/c1-20(2)16-6-5-12(18)9-15(16)19-17(21)11-7-13(22-3)10-14(8-11)23-4/h5-10H,1-4H3,(H,19,21). The minimum absolute atomic E-state index is 0.271. The number of hydrogen-bond acceptors (Lipinski definition) is 4. The molecular formula is C17H19ClN2O3. The lowest BCUT2D eigenvalue weighted by Crippen LogP contribution is -2.17. The lowest BCUT2D eigenvalue weighted by Gasteiger charge is -2.18. The molecule has 0 fully saturated rings. The van der Waals surface area contributed by atoms with Crippen LogP contribution in [0.4, 0.5) is 11.4 Å². The highest BCUT2D eigenvalue weighted by molar-refractivity contribution is 6.31. The lowest BCUT2D eigenvalue weighted by molar-refractivity contribution is 0.102. The number of ether oxygens (including phenoxy) is 2. The average molecular weight is 335 g/mol. The van der Waals surface area contributed by atoms with Gasteiger partial charge in [-0.05, 0) is 30.3 Å². The van der Waals surface area contributed by atoms with E-state index in [-0.39, 0.29) is 5.91 Å². The van der Waals surface area contributed by atoms with Crippen LogP contribution in [0.1, 0.15) is 10.4 Å². The molecule has 0 heterocycles. The molecule has 23 heavy (non-hydrogen) atoms. The minimum atomic E-state index is -0.271. The van der Waals surface area contributed by atoms with Crippen LogP contribution in [0.25, 0.3) is 0 Å². The van der Waals surface area contributed by atoms with Crippen LogP contribution >= 0.6 is 11.6 Å². The molecule has 0 bridgehead atoms. The number of carbonyl (C=O) groups is 1. The van der Waals surface area contributed by atoms with E-state index < -0.39 is 0 Å². The Labute approximate surface area is 140 Å². The first-order valence-electron chi connectivity index (χ1n) is 6.96. The Morgan fingerprint density at radius 3 is 2.17 bits per heavy atom. The fourth-order valence-electron chi connectivity index (χ4n) is 2.13. The Hall–Kier alpha value is -2.40. The Kier molecular flexibility index (Phi) is 5.34. The molecule has 1 amide bonds. The normalized spacial score (nSPS) is 10.1. The van der Waals surface area contributed by atoms with E-state index in [0.29, 0.717) is 27.8 Å². The summed E-state index contributed by atoms with van der Waals surface area (Å²) < 4.78 is 10.4. The van der Waals surface area contributed by atoms with E-state index in [1.807, 2.05) is 25.1 Å². The summed E-state index contributed by atoms with van der Waals surface area (Å²) in [7, 11) is 6.87. The SMILES string of the molecule is COc1cc(OC)cc(C(=O)Nc2cc(Cl)ccc2N(C)C)c1. The first-order chi connectivity index (χ1) is 10.9. The smallest absolute Gasteiger partial charge is 0.255 e. The molecule has 0 saturated carbocycles. The van der Waals surface area contributed by atoms with Crippen molar-refractivity contribution in [2.45, 2.75) is 0 Å². The zero-order valence-electron chi connectivity index (χ0n) is 13.5. The third kappa shape index (κ3) is 4.07. The Morgan fingerprint density at radius 1 is 1.04 bits per heavy atom. The van der Waals surface area contributed by atoms with Gasteiger partial charge < -0.3 is 19.7 Å². The summed E-state index contributed by atoms with van der Waals surface area (Å²) in [5.74, 6) is 0.828. The van der Waals surface area contributed by atoms with E-state index in [0.717, 1.165) is 5.69 Å². The topological polar surface area (TPSA) is 50.8 Å². The predicted molar refractivity (Wildman–Crippen MR) is 93.3 cm³/mol. The van der Waals surface area contributed by atoms with Gasteiger partial charge in [-0.15, -0.1) is 0 Å². The minimum Gasteiger partial charge on any atom is -0.497 e. The number of amides is 1. The van der Waals surface area contributed by atoms with Crippen molar-refractivity contribution >= 4 is 28.9 Å². The largest absolute Gasteiger partial charge is 0.497 e. The molecule has 1 N–H and O–H groups in total. The Morgan fingerprint density at radius 2 is 1.65 bits per heavy atom. The first kappa shape index (κ1) is 17.0. The second kappa shape index (κ2) is 7.24. The monoisotopic (exact) mass is 334 g/mol. The fourth-order valence-corrected chi connectivity index (χ4v) is 2.30. The number of rotatable bonds is 5. The van der Waals surface area contributed by atoms with E-state index in [4.69, 9.17) is 21.1 Å². The molecule has 0 saturated heterocycles. The van der Waals surface area contributed by atoms with Crippen molar-refractivity contribution in [1.29, 1.82) is 0 Å². The Balaban J connectivity index is 2.34. The quantitative estimate of drug-likeness (QED) is 0.906. The van der Waals surface area contributed by atoms with Crippen LogP contribution in [0.3, 0.4) is 0 Å².